The summed E-state index contributed by atoms with van der Waals surface area (Å²) >= 11 is 0. The van der Waals surface area contributed by atoms with Crippen molar-refractivity contribution in [3.8, 4) is 0 Å². The van der Waals surface area contributed by atoms with Gasteiger partial charge in [0.25, 0.3) is 0 Å². The van der Waals surface area contributed by atoms with E-state index in [0.717, 1.165) is 24.8 Å². The van der Waals surface area contributed by atoms with Gasteiger partial charge in [0.1, 0.15) is 0 Å². The summed E-state index contributed by atoms with van der Waals surface area (Å²) in [5.74, 6) is -2.76. The van der Waals surface area contributed by atoms with Gasteiger partial charge in [-0.05, 0) is 62.7 Å². The van der Waals surface area contributed by atoms with Gasteiger partial charge in [-0.15, -0.1) is 0 Å². The Kier molecular flexibility index (Phi) is 4.84. The van der Waals surface area contributed by atoms with Crippen LogP contribution in [0.3, 0.4) is 0 Å². The first-order valence-corrected chi connectivity index (χ1v) is 10.8. The Labute approximate surface area is 177 Å². The molecule has 4 rings (SSSR count). The average molecular weight is 421 g/mol. The van der Waals surface area contributed by atoms with Gasteiger partial charge < -0.3 is 19.3 Å². The van der Waals surface area contributed by atoms with Gasteiger partial charge in [-0.25, -0.2) is 0 Å². The van der Waals surface area contributed by atoms with E-state index in [1.165, 1.54) is 21.3 Å². The molecule has 1 spiro atoms. The maximum absolute atomic E-state index is 13.5. The van der Waals surface area contributed by atoms with Gasteiger partial charge in [-0.2, -0.15) is 0 Å². The van der Waals surface area contributed by atoms with Crippen molar-refractivity contribution in [2.24, 2.45) is 39.9 Å². The van der Waals surface area contributed by atoms with Crippen molar-refractivity contribution in [2.45, 2.75) is 51.6 Å². The van der Waals surface area contributed by atoms with Gasteiger partial charge >= 0.3 is 17.9 Å². The van der Waals surface area contributed by atoms with Crippen molar-refractivity contribution >= 4 is 17.9 Å². The SMILES string of the molecule is C=C1CC23CC1CCC2C1(C(=O)OC)CCC(O)C(C)(C(=O)OC)C1C3C(=O)OC. The fraction of sp³-hybridized carbons (Fsp3) is 0.783. The van der Waals surface area contributed by atoms with E-state index in [4.69, 9.17) is 14.2 Å². The van der Waals surface area contributed by atoms with Crippen LogP contribution in [0.5, 0.6) is 0 Å². The van der Waals surface area contributed by atoms with Crippen LogP contribution in [0.1, 0.15) is 45.4 Å². The molecule has 4 aliphatic rings. The summed E-state index contributed by atoms with van der Waals surface area (Å²) < 4.78 is 15.7. The minimum absolute atomic E-state index is 0.140. The third kappa shape index (κ3) is 2.27. The lowest BCUT2D eigenvalue weighted by Crippen LogP contribution is -2.61. The van der Waals surface area contributed by atoms with Crippen molar-refractivity contribution in [1.29, 1.82) is 0 Å². The number of fused-ring (bicyclic) bond motifs is 3. The topological polar surface area (TPSA) is 99.1 Å². The van der Waals surface area contributed by atoms with Crippen molar-refractivity contribution < 1.29 is 33.7 Å². The van der Waals surface area contributed by atoms with E-state index in [0.29, 0.717) is 18.8 Å². The molecule has 8 atom stereocenters. The summed E-state index contributed by atoms with van der Waals surface area (Å²) in [6.07, 6.45) is 2.65. The maximum atomic E-state index is 13.5. The number of carbonyl (C=O) groups is 3. The number of hydrogen-bond donors (Lipinski definition) is 1. The molecule has 7 nitrogen and oxygen atoms in total. The number of carbonyl (C=O) groups excluding carboxylic acids is 3. The second-order valence-electron chi connectivity index (χ2n) is 9.94. The Balaban J connectivity index is 2.02. The third-order valence-electron chi connectivity index (χ3n) is 9.20. The van der Waals surface area contributed by atoms with Gasteiger partial charge in [0, 0.05) is 5.92 Å². The van der Waals surface area contributed by atoms with Crippen LogP contribution in [-0.4, -0.2) is 50.4 Å². The van der Waals surface area contributed by atoms with Crippen molar-refractivity contribution in [3.63, 3.8) is 0 Å². The molecule has 0 amide bonds. The molecule has 8 unspecified atom stereocenters. The van der Waals surface area contributed by atoms with Gasteiger partial charge in [0.2, 0.25) is 0 Å². The predicted octanol–water partition coefficient (Wildman–Crippen LogP) is 2.26. The molecule has 30 heavy (non-hydrogen) atoms. The van der Waals surface area contributed by atoms with E-state index >= 15 is 0 Å². The zero-order valence-electron chi connectivity index (χ0n) is 18.2. The first-order chi connectivity index (χ1) is 14.1. The highest BCUT2D eigenvalue weighted by atomic mass is 16.5. The molecule has 1 N–H and O–H groups in total. The zero-order chi connectivity index (χ0) is 22.1. The van der Waals surface area contributed by atoms with Gasteiger partial charge in [-0.3, -0.25) is 14.4 Å². The highest BCUT2D eigenvalue weighted by molar-refractivity contribution is 5.88. The fourth-order valence-electron chi connectivity index (χ4n) is 8.18. The van der Waals surface area contributed by atoms with Gasteiger partial charge in [0.15, 0.2) is 0 Å². The van der Waals surface area contributed by atoms with E-state index < -0.39 is 52.1 Å². The molecule has 0 aromatic heterocycles. The summed E-state index contributed by atoms with van der Waals surface area (Å²) in [6.45, 7) is 5.91. The molecule has 4 aliphatic carbocycles. The molecule has 0 aliphatic heterocycles. The Morgan fingerprint density at radius 1 is 1.03 bits per heavy atom. The molecule has 0 heterocycles. The van der Waals surface area contributed by atoms with E-state index in [1.807, 2.05) is 0 Å². The normalized spacial score (nSPS) is 46.6. The Hall–Kier alpha value is -1.89. The predicted molar refractivity (Wildman–Crippen MR) is 106 cm³/mol. The van der Waals surface area contributed by atoms with Crippen LogP contribution < -0.4 is 0 Å². The quantitative estimate of drug-likeness (QED) is 0.425. The van der Waals surface area contributed by atoms with Crippen LogP contribution >= 0.6 is 0 Å². The largest absolute Gasteiger partial charge is 0.469 e. The second kappa shape index (κ2) is 6.81. The van der Waals surface area contributed by atoms with Crippen molar-refractivity contribution in [2.75, 3.05) is 21.3 Å². The smallest absolute Gasteiger partial charge is 0.314 e. The average Bonchev–Trinajstić information content (AvgIpc) is 3.16. The molecular weight excluding hydrogens is 388 g/mol. The van der Waals surface area contributed by atoms with Gasteiger partial charge in [-0.1, -0.05) is 12.2 Å². The van der Waals surface area contributed by atoms with Crippen molar-refractivity contribution in [1.82, 2.24) is 0 Å². The summed E-state index contributed by atoms with van der Waals surface area (Å²) in [7, 11) is 3.96. The lowest BCUT2D eigenvalue weighted by atomic mass is 9.51. The number of aliphatic hydroxyl groups excluding tert-OH is 1. The first kappa shape index (κ1) is 21.3. The minimum Gasteiger partial charge on any atom is -0.469 e. The standard InChI is InChI=1S/C23H32O7/c1-12-10-22-11-13(12)6-7-14(22)23(20(27)30-5)9-8-15(24)21(2,19(26)29-4)17(23)16(22)18(25)28-3/h13-17,24H,1,6-11H2,2-5H3. The van der Waals surface area contributed by atoms with Crippen LogP contribution in [0.4, 0.5) is 0 Å². The summed E-state index contributed by atoms with van der Waals surface area (Å²) in [5.41, 5.74) is -1.90. The molecule has 166 valence electrons. The van der Waals surface area contributed by atoms with Crippen LogP contribution in [0.2, 0.25) is 0 Å². The second-order valence-corrected chi connectivity index (χ2v) is 9.94. The van der Waals surface area contributed by atoms with Crippen LogP contribution in [0, 0.1) is 39.9 Å². The monoisotopic (exact) mass is 420 g/mol. The molecule has 0 radical (unpaired) electrons. The van der Waals surface area contributed by atoms with Crippen molar-refractivity contribution in [3.05, 3.63) is 12.2 Å². The summed E-state index contributed by atoms with van der Waals surface area (Å²) in [5, 5.41) is 11.0. The molecule has 2 bridgehead atoms. The zero-order valence-corrected chi connectivity index (χ0v) is 18.2. The van der Waals surface area contributed by atoms with E-state index in [1.54, 1.807) is 6.92 Å². The Morgan fingerprint density at radius 3 is 2.30 bits per heavy atom. The molecule has 0 saturated heterocycles. The highest BCUT2D eigenvalue weighted by Gasteiger charge is 2.80. The van der Waals surface area contributed by atoms with E-state index in [-0.39, 0.29) is 12.3 Å². The number of allylic oxidation sites excluding steroid dienone is 1. The number of ether oxygens (including phenoxy) is 3. The number of aliphatic hydroxyl groups is 1. The molecule has 4 saturated carbocycles. The lowest BCUT2D eigenvalue weighted by molar-refractivity contribution is -0.196. The molecule has 7 heteroatoms. The maximum Gasteiger partial charge on any atom is 0.314 e. The third-order valence-corrected chi connectivity index (χ3v) is 9.20. The fourth-order valence-corrected chi connectivity index (χ4v) is 8.18. The Morgan fingerprint density at radius 2 is 1.70 bits per heavy atom. The van der Waals surface area contributed by atoms with Crippen LogP contribution in [0.25, 0.3) is 0 Å². The van der Waals surface area contributed by atoms with Crippen LogP contribution in [-0.2, 0) is 28.6 Å². The molecular formula is C23H32O7. The van der Waals surface area contributed by atoms with Crippen LogP contribution in [0.15, 0.2) is 12.2 Å². The van der Waals surface area contributed by atoms with Gasteiger partial charge in [0.05, 0.1) is 44.2 Å². The van der Waals surface area contributed by atoms with E-state index in [9.17, 15) is 19.5 Å². The molecule has 0 aromatic carbocycles. The number of methoxy groups -OCH3 is 3. The summed E-state index contributed by atoms with van der Waals surface area (Å²) in [4.78, 5) is 40.0. The molecule has 0 aromatic rings. The number of hydrogen-bond acceptors (Lipinski definition) is 7. The molecule has 4 fully saturated rings. The number of esters is 3. The lowest BCUT2D eigenvalue weighted by Gasteiger charge is -2.52. The van der Waals surface area contributed by atoms with E-state index in [2.05, 4.69) is 6.58 Å². The number of rotatable bonds is 3. The Bertz CT molecular complexity index is 805. The first-order valence-electron chi connectivity index (χ1n) is 10.8. The minimum atomic E-state index is -1.43. The summed E-state index contributed by atoms with van der Waals surface area (Å²) in [6, 6.07) is 0. The highest BCUT2D eigenvalue weighted by Crippen LogP contribution is 2.78.